The highest BCUT2D eigenvalue weighted by molar-refractivity contribution is 6.02. The van der Waals surface area contributed by atoms with Crippen molar-refractivity contribution in [1.29, 1.82) is 0 Å². The van der Waals surface area contributed by atoms with Gasteiger partial charge in [-0.2, -0.15) is 4.98 Å². The van der Waals surface area contributed by atoms with Gasteiger partial charge in [0.25, 0.3) is 6.01 Å². The summed E-state index contributed by atoms with van der Waals surface area (Å²) in [6, 6.07) is 21.4. The molecule has 0 amide bonds. The second-order valence-corrected chi connectivity index (χ2v) is 7.76. The van der Waals surface area contributed by atoms with Crippen molar-refractivity contribution in [2.45, 2.75) is 13.5 Å². The Balaban J connectivity index is 1.53. The molecular formula is C26H22N4O5. The lowest BCUT2D eigenvalue weighted by Crippen LogP contribution is -2.09. The summed E-state index contributed by atoms with van der Waals surface area (Å²) >= 11 is 0. The first kappa shape index (κ1) is 22.1. The van der Waals surface area contributed by atoms with E-state index in [1.807, 2.05) is 66.1 Å². The van der Waals surface area contributed by atoms with Crippen LogP contribution in [0.15, 0.2) is 76.0 Å². The molecule has 0 aliphatic rings. The number of carbonyl (C=O) groups is 1. The Morgan fingerprint density at radius 3 is 2.49 bits per heavy atom. The molecule has 3 aromatic carbocycles. The summed E-state index contributed by atoms with van der Waals surface area (Å²) in [6.07, 6.45) is 0. The summed E-state index contributed by atoms with van der Waals surface area (Å²) in [5, 5.41) is 3.82. The van der Waals surface area contributed by atoms with Crippen molar-refractivity contribution in [3.05, 3.63) is 88.4 Å². The van der Waals surface area contributed by atoms with E-state index in [9.17, 15) is 9.59 Å². The van der Waals surface area contributed by atoms with Gasteiger partial charge in [0, 0.05) is 5.56 Å². The Morgan fingerprint density at radius 2 is 1.80 bits per heavy atom. The number of ether oxygens (including phenoxy) is 2. The maximum absolute atomic E-state index is 12.4. The van der Waals surface area contributed by atoms with Crippen LogP contribution in [0.2, 0.25) is 0 Å². The first-order valence-electron chi connectivity index (χ1n) is 11.0. The molecule has 0 fully saturated rings. The average molecular weight is 470 g/mol. The summed E-state index contributed by atoms with van der Waals surface area (Å²) in [5.74, 6) is -0.664. The SMILES string of the molecule is CCOc1nc2cccc(C(=O)OC)c2n1Cc1ccc(-c2ccccc2-c2noc(=O)[nH]2)cc1. The van der Waals surface area contributed by atoms with Crippen LogP contribution in [-0.4, -0.2) is 39.4 Å². The van der Waals surface area contributed by atoms with Crippen molar-refractivity contribution in [2.24, 2.45) is 0 Å². The number of fused-ring (bicyclic) bond motifs is 1. The predicted octanol–water partition coefficient (Wildman–Crippen LogP) is 4.28. The Hall–Kier alpha value is -4.66. The summed E-state index contributed by atoms with van der Waals surface area (Å²) in [7, 11) is 1.36. The lowest BCUT2D eigenvalue weighted by atomic mass is 9.98. The molecule has 9 nitrogen and oxygen atoms in total. The number of nitrogens with one attached hydrogen (secondary N) is 1. The van der Waals surface area contributed by atoms with Crippen molar-refractivity contribution < 1.29 is 18.8 Å². The molecule has 0 atom stereocenters. The molecule has 0 bridgehead atoms. The minimum Gasteiger partial charge on any atom is -0.465 e. The summed E-state index contributed by atoms with van der Waals surface area (Å²) in [5.41, 5.74) is 5.34. The number of methoxy groups -OCH3 is 1. The number of aromatic amines is 1. The zero-order valence-corrected chi connectivity index (χ0v) is 19.1. The third kappa shape index (κ3) is 4.19. The molecule has 5 rings (SSSR count). The molecule has 0 aliphatic carbocycles. The number of para-hydroxylation sites is 1. The molecule has 0 aliphatic heterocycles. The number of aromatic nitrogens is 4. The van der Waals surface area contributed by atoms with Crippen LogP contribution < -0.4 is 10.5 Å². The number of hydrogen-bond acceptors (Lipinski definition) is 7. The molecule has 35 heavy (non-hydrogen) atoms. The molecule has 2 aromatic heterocycles. The van der Waals surface area contributed by atoms with E-state index in [0.29, 0.717) is 41.6 Å². The summed E-state index contributed by atoms with van der Waals surface area (Å²) < 4.78 is 17.3. The van der Waals surface area contributed by atoms with Crippen LogP contribution >= 0.6 is 0 Å². The highest BCUT2D eigenvalue weighted by atomic mass is 16.5. The molecular weight excluding hydrogens is 448 g/mol. The fraction of sp³-hybridized carbons (Fsp3) is 0.154. The number of nitrogens with zero attached hydrogens (tertiary/aromatic N) is 3. The van der Waals surface area contributed by atoms with Gasteiger partial charge in [0.15, 0.2) is 5.82 Å². The first-order chi connectivity index (χ1) is 17.1. The van der Waals surface area contributed by atoms with Gasteiger partial charge in [-0.05, 0) is 35.7 Å². The van der Waals surface area contributed by atoms with Gasteiger partial charge in [-0.3, -0.25) is 14.1 Å². The van der Waals surface area contributed by atoms with Gasteiger partial charge < -0.3 is 9.47 Å². The fourth-order valence-corrected chi connectivity index (χ4v) is 4.08. The van der Waals surface area contributed by atoms with Gasteiger partial charge in [-0.25, -0.2) is 9.59 Å². The lowest BCUT2D eigenvalue weighted by molar-refractivity contribution is 0.0602. The number of hydrogen-bond donors (Lipinski definition) is 1. The van der Waals surface area contributed by atoms with Gasteiger partial charge >= 0.3 is 11.7 Å². The normalized spacial score (nSPS) is 11.0. The van der Waals surface area contributed by atoms with Crippen LogP contribution in [0, 0.1) is 0 Å². The maximum atomic E-state index is 12.4. The van der Waals surface area contributed by atoms with Crippen LogP contribution in [0.5, 0.6) is 6.01 Å². The van der Waals surface area contributed by atoms with E-state index in [1.165, 1.54) is 7.11 Å². The van der Waals surface area contributed by atoms with Crippen molar-refractivity contribution in [3.63, 3.8) is 0 Å². The smallest absolute Gasteiger partial charge is 0.439 e. The van der Waals surface area contributed by atoms with Crippen molar-refractivity contribution in [3.8, 4) is 28.5 Å². The Labute approximate surface area is 199 Å². The Kier molecular flexibility index (Phi) is 5.88. The second-order valence-electron chi connectivity index (χ2n) is 7.76. The Morgan fingerprint density at radius 1 is 1.03 bits per heavy atom. The van der Waals surface area contributed by atoms with Crippen LogP contribution in [0.25, 0.3) is 33.5 Å². The lowest BCUT2D eigenvalue weighted by Gasteiger charge is -2.12. The van der Waals surface area contributed by atoms with E-state index in [1.54, 1.807) is 12.1 Å². The molecule has 0 unspecified atom stereocenters. The van der Waals surface area contributed by atoms with Crippen LogP contribution in [0.3, 0.4) is 0 Å². The number of esters is 1. The van der Waals surface area contributed by atoms with Gasteiger partial charge in [-0.15, -0.1) is 0 Å². The van der Waals surface area contributed by atoms with Crippen molar-refractivity contribution in [2.75, 3.05) is 13.7 Å². The standard InChI is InChI=1S/C26H22N4O5/c1-3-34-25-27-21-10-6-9-20(24(31)33-2)22(21)30(25)15-16-11-13-17(14-12-16)18-7-4-5-8-19(18)23-28-26(32)35-29-23/h4-14H,3,15H2,1-2H3,(H,28,29,32). The van der Waals surface area contributed by atoms with Crippen molar-refractivity contribution in [1.82, 2.24) is 19.7 Å². The van der Waals surface area contributed by atoms with E-state index in [2.05, 4.69) is 19.6 Å². The second kappa shape index (κ2) is 9.30. The highest BCUT2D eigenvalue weighted by Gasteiger charge is 2.20. The molecule has 1 N–H and O–H groups in total. The molecule has 0 spiro atoms. The number of benzene rings is 3. The number of carbonyl (C=O) groups excluding carboxylic acids is 1. The van der Waals surface area contributed by atoms with Gasteiger partial charge in [0.2, 0.25) is 0 Å². The number of rotatable bonds is 7. The molecule has 0 saturated heterocycles. The number of imidazole rings is 1. The summed E-state index contributed by atoms with van der Waals surface area (Å²) in [6.45, 7) is 2.77. The molecule has 9 heteroatoms. The zero-order valence-electron chi connectivity index (χ0n) is 19.1. The van der Waals surface area contributed by atoms with Gasteiger partial charge in [-0.1, -0.05) is 59.8 Å². The van der Waals surface area contributed by atoms with Crippen molar-refractivity contribution >= 4 is 17.0 Å². The van der Waals surface area contributed by atoms with E-state index >= 15 is 0 Å². The molecule has 176 valence electrons. The third-order valence-corrected chi connectivity index (χ3v) is 5.64. The van der Waals surface area contributed by atoms with E-state index in [4.69, 9.17) is 9.47 Å². The third-order valence-electron chi connectivity index (χ3n) is 5.64. The highest BCUT2D eigenvalue weighted by Crippen LogP contribution is 2.31. The van der Waals surface area contributed by atoms with E-state index < -0.39 is 11.7 Å². The quantitative estimate of drug-likeness (QED) is 0.353. The predicted molar refractivity (Wildman–Crippen MR) is 129 cm³/mol. The molecule has 0 saturated carbocycles. The van der Waals surface area contributed by atoms with E-state index in [-0.39, 0.29) is 0 Å². The number of H-pyrrole nitrogens is 1. The minimum absolute atomic E-state index is 0.372. The first-order valence-corrected chi connectivity index (χ1v) is 11.0. The monoisotopic (exact) mass is 470 g/mol. The molecule has 2 heterocycles. The van der Waals surface area contributed by atoms with E-state index in [0.717, 1.165) is 22.3 Å². The largest absolute Gasteiger partial charge is 0.465 e. The van der Waals surface area contributed by atoms with Crippen LogP contribution in [-0.2, 0) is 11.3 Å². The zero-order chi connectivity index (χ0) is 24.4. The fourth-order valence-electron chi connectivity index (χ4n) is 4.08. The van der Waals surface area contributed by atoms with Crippen LogP contribution in [0.4, 0.5) is 0 Å². The maximum Gasteiger partial charge on any atom is 0.439 e. The molecule has 0 radical (unpaired) electrons. The molecule has 5 aromatic rings. The summed E-state index contributed by atoms with van der Waals surface area (Å²) in [4.78, 5) is 31.0. The van der Waals surface area contributed by atoms with Gasteiger partial charge in [0.05, 0.1) is 36.9 Å². The minimum atomic E-state index is -0.603. The van der Waals surface area contributed by atoms with Gasteiger partial charge in [0.1, 0.15) is 0 Å². The van der Waals surface area contributed by atoms with Crippen LogP contribution in [0.1, 0.15) is 22.8 Å². The Bertz CT molecular complexity index is 1560. The topological polar surface area (TPSA) is 112 Å². The average Bonchev–Trinajstić information content (AvgIpc) is 3.47.